The molecule has 3 aliphatic rings. The molecule has 66 heavy (non-hydrogen) atoms. The number of aromatic nitrogens is 4. The zero-order valence-electron chi connectivity index (χ0n) is 41.4. The maximum Gasteiger partial charge on any atom is 2.00 e. The summed E-state index contributed by atoms with van der Waals surface area (Å²) in [6.45, 7) is 22.4. The van der Waals surface area contributed by atoms with Crippen LogP contribution in [-0.4, -0.2) is 64.5 Å². The standard InChI is InChI=1S/C55H70N4O6.Mg/c1-13-39-34(7)41-29-46-48(38(11)60)36(9)43(57-46)27-42-35(8)40(52(58-42)50-51(55(63)64-12)54(62)49-37(10)44(59-53(49)50)28-45(39)56-41)23-24-47(61)65-26-25-33(6)22-16-21-32(5)20-15-19-31(4)18-14-17-30(2)3;/h13,17,19,25,27-29,32,34-35,40H,14-16,18,20-24,26H2,1-12H3,(H3,56,57,58,59,60,62,63);/q;+2/p-3/b31-19+,33-25+,39-13+;/t32-,34-,35+,40+;/m1./s1. The van der Waals surface area contributed by atoms with E-state index in [-0.39, 0.29) is 65.2 Å². The zero-order chi connectivity index (χ0) is 47.3. The Morgan fingerprint density at radius 3 is 2.21 bits per heavy atom. The number of carbonyl (C=O) groups is 3. The molecule has 2 aliphatic heterocycles. The van der Waals surface area contributed by atoms with Crippen LogP contribution in [0.2, 0.25) is 0 Å². The fourth-order valence-electron chi connectivity index (χ4n) is 9.57. The van der Waals surface area contributed by atoms with Gasteiger partial charge in [0.25, 0.3) is 0 Å². The number of hydrogen-bond donors (Lipinski definition) is 0. The summed E-state index contributed by atoms with van der Waals surface area (Å²) < 4.78 is 11.0. The third kappa shape index (κ3) is 11.4. The molecule has 8 bridgehead atoms. The summed E-state index contributed by atoms with van der Waals surface area (Å²) in [7, 11) is 1.25. The molecule has 6 rings (SSSR count). The number of ether oxygens (including phenoxy) is 2. The van der Waals surface area contributed by atoms with E-state index in [2.05, 4.69) is 53.7 Å². The van der Waals surface area contributed by atoms with Crippen molar-refractivity contribution < 1.29 is 29.0 Å². The minimum atomic E-state index is -0.775. The number of hydrogen-bond acceptors (Lipinski definition) is 8. The number of nitrogens with zero attached hydrogens (tertiary/aromatic N) is 4. The Kier molecular flexibility index (Phi) is 17.8. The zero-order valence-corrected chi connectivity index (χ0v) is 42.8. The third-order valence-electron chi connectivity index (χ3n) is 13.6. The van der Waals surface area contributed by atoms with Gasteiger partial charge in [-0.3, -0.25) is 19.6 Å². The largest absolute Gasteiger partial charge is 2.00 e. The molecule has 4 atom stereocenters. The molecule has 5 heterocycles. The summed E-state index contributed by atoms with van der Waals surface area (Å²) in [4.78, 5) is 60.3. The van der Waals surface area contributed by atoms with Gasteiger partial charge in [-0.05, 0) is 129 Å². The number of methoxy groups -OCH3 is 1. The Bertz CT molecular complexity index is 2690. The van der Waals surface area contributed by atoms with Crippen LogP contribution in [0.25, 0.3) is 39.0 Å². The van der Waals surface area contributed by atoms with Gasteiger partial charge in [0.05, 0.1) is 24.1 Å². The van der Waals surface area contributed by atoms with Crippen molar-refractivity contribution in [1.29, 1.82) is 0 Å². The van der Waals surface area contributed by atoms with Gasteiger partial charge in [0.15, 0.2) is 5.78 Å². The number of rotatable bonds is 17. The molecule has 0 fully saturated rings. The summed E-state index contributed by atoms with van der Waals surface area (Å²) >= 11 is 0. The smallest absolute Gasteiger partial charge is 0.871 e. The summed E-state index contributed by atoms with van der Waals surface area (Å²) in [5.74, 6) is -1.81. The molecule has 0 unspecified atom stereocenters. The molecule has 0 saturated heterocycles. The van der Waals surface area contributed by atoms with E-state index < -0.39 is 17.6 Å². The minimum absolute atomic E-state index is 0. The first-order chi connectivity index (χ1) is 30.9. The minimum Gasteiger partial charge on any atom is -0.871 e. The second kappa shape index (κ2) is 22.7. The van der Waals surface area contributed by atoms with Crippen LogP contribution in [0.4, 0.5) is 0 Å². The maximum absolute atomic E-state index is 14.3. The number of ketones is 1. The van der Waals surface area contributed by atoms with Crippen LogP contribution in [0.5, 0.6) is 0 Å². The molecule has 3 aromatic heterocycles. The summed E-state index contributed by atoms with van der Waals surface area (Å²) in [5, 5.41) is 14.3. The molecule has 0 aromatic carbocycles. The van der Waals surface area contributed by atoms with E-state index in [1.165, 1.54) is 30.2 Å². The predicted molar refractivity (Wildman–Crippen MR) is 265 cm³/mol. The molecular formula is C55H67MgN4O6-. The van der Waals surface area contributed by atoms with Crippen LogP contribution < -0.4 is 15.1 Å². The summed E-state index contributed by atoms with van der Waals surface area (Å²) in [6, 6.07) is 5.64. The Morgan fingerprint density at radius 2 is 1.53 bits per heavy atom. The van der Waals surface area contributed by atoms with Gasteiger partial charge in [-0.1, -0.05) is 97.2 Å². The summed E-state index contributed by atoms with van der Waals surface area (Å²) in [5.41, 5.74) is 12.0. The molecule has 346 valence electrons. The monoisotopic (exact) mass is 903 g/mol. The van der Waals surface area contributed by atoms with Crippen molar-refractivity contribution in [3.8, 4) is 0 Å². The first kappa shape index (κ1) is 52.0. The topological polar surface area (TPSA) is 147 Å². The molecule has 0 radical (unpaired) electrons. The van der Waals surface area contributed by atoms with Gasteiger partial charge in [-0.2, -0.15) is 0 Å². The fraction of sp³-hybridized carbons (Fsp3) is 0.473. The quantitative estimate of drug-likeness (QED) is 0.0555. The first-order valence-electron chi connectivity index (χ1n) is 23.4. The first-order valence-corrected chi connectivity index (χ1v) is 23.4. The van der Waals surface area contributed by atoms with Crippen LogP contribution in [0, 0.1) is 19.8 Å². The average molecular weight is 904 g/mol. The van der Waals surface area contributed by atoms with Crippen molar-refractivity contribution in [2.24, 2.45) is 5.92 Å². The van der Waals surface area contributed by atoms with E-state index in [1.807, 2.05) is 58.0 Å². The van der Waals surface area contributed by atoms with Crippen LogP contribution >= 0.6 is 0 Å². The van der Waals surface area contributed by atoms with Crippen LogP contribution in [-0.2, 0) is 19.1 Å². The van der Waals surface area contributed by atoms with Gasteiger partial charge in [-0.25, -0.2) is 4.79 Å². The molecule has 0 spiro atoms. The van der Waals surface area contributed by atoms with Crippen molar-refractivity contribution in [3.63, 3.8) is 0 Å². The van der Waals surface area contributed by atoms with Crippen LogP contribution in [0.1, 0.15) is 193 Å². The number of allylic oxidation sites excluding steroid dienone is 7. The van der Waals surface area contributed by atoms with Crippen molar-refractivity contribution in [2.45, 2.75) is 152 Å². The summed E-state index contributed by atoms with van der Waals surface area (Å²) in [6.07, 6.45) is 16.9. The second-order valence-electron chi connectivity index (χ2n) is 18.7. The van der Waals surface area contributed by atoms with Crippen LogP contribution in [0.3, 0.4) is 0 Å². The average Bonchev–Trinajstić information content (AvgIpc) is 4.00. The number of Topliss-reactive ketones (excluding diaryl/α,β-unsaturated/α-hetero) is 1. The van der Waals surface area contributed by atoms with Gasteiger partial charge in [0.2, 0.25) is 0 Å². The Balaban J connectivity index is 0.00000817. The number of carbonyl (C=O) groups excluding carboxylic acids is 3. The van der Waals surface area contributed by atoms with Crippen molar-refractivity contribution in [2.75, 3.05) is 13.7 Å². The van der Waals surface area contributed by atoms with Gasteiger partial charge < -0.3 is 24.5 Å². The van der Waals surface area contributed by atoms with Gasteiger partial charge in [-0.15, -0.1) is 22.1 Å². The molecule has 0 saturated carbocycles. The van der Waals surface area contributed by atoms with E-state index in [0.29, 0.717) is 73.7 Å². The van der Waals surface area contributed by atoms with E-state index in [4.69, 9.17) is 29.4 Å². The van der Waals surface area contributed by atoms with Crippen LogP contribution in [0.15, 0.2) is 59.2 Å². The van der Waals surface area contributed by atoms with E-state index >= 15 is 0 Å². The van der Waals surface area contributed by atoms with E-state index in [0.717, 1.165) is 55.4 Å². The number of aryl methyl sites for hydroxylation is 2. The second-order valence-corrected chi connectivity index (χ2v) is 18.7. The van der Waals surface area contributed by atoms with E-state index in [9.17, 15) is 19.5 Å². The molecule has 11 heteroatoms. The van der Waals surface area contributed by atoms with E-state index in [1.54, 1.807) is 6.92 Å². The Hall–Kier alpha value is -5.00. The SMILES string of the molecule is C/C=C1/c2cc3[n-]c4c(c5nc(cc6[n-]c(cc(n2)[C@@H]1C)c(C(C)=O)c6C)[C@@H](C)[C@@H]5CCC(=O)OC/C=C(\C)CCC[C@H](C)CC/C=C(\C)CCC=C(C)C)C(C(=O)OC)=C([O-])c4c3C.[Mg+2]. The fourth-order valence-corrected chi connectivity index (χ4v) is 9.57. The van der Waals surface area contributed by atoms with Crippen molar-refractivity contribution in [1.82, 2.24) is 19.9 Å². The molecule has 10 nitrogen and oxygen atoms in total. The third-order valence-corrected chi connectivity index (χ3v) is 13.6. The Labute approximate surface area is 407 Å². The van der Waals surface area contributed by atoms with Crippen molar-refractivity contribution in [3.05, 3.63) is 110 Å². The Morgan fingerprint density at radius 1 is 0.833 bits per heavy atom. The molecular weight excluding hydrogens is 837 g/mol. The molecule has 0 N–H and O–H groups in total. The van der Waals surface area contributed by atoms with Gasteiger partial charge >= 0.3 is 35.0 Å². The number of fused-ring (bicyclic) bond motifs is 8. The number of esters is 2. The molecule has 0 amide bonds. The molecule has 3 aromatic rings. The maximum atomic E-state index is 14.3. The van der Waals surface area contributed by atoms with Gasteiger partial charge in [0.1, 0.15) is 6.61 Å². The molecule has 1 aliphatic carbocycles. The predicted octanol–water partition coefficient (Wildman–Crippen LogP) is 11.4. The van der Waals surface area contributed by atoms with Crippen molar-refractivity contribution >= 4 is 79.7 Å². The van der Waals surface area contributed by atoms with Gasteiger partial charge in [0, 0.05) is 41.1 Å². The normalized spacial score (nSPS) is 18.1.